The maximum Gasteiger partial charge on any atom is 0.136 e. The standard InChI is InChI=1S/C24H15BrF2O/c25-16-17-28-24-3-1-2-20(10-4-18-5-11-21(26)12-6-18)23(24)15-9-19-7-13-22(27)14-8-19/h1-3,5-8,11-14H,16-17H2. The highest BCUT2D eigenvalue weighted by molar-refractivity contribution is 9.09. The number of halogens is 3. The maximum atomic E-state index is 13.1. The van der Waals surface area contributed by atoms with Crippen LogP contribution in [0.4, 0.5) is 8.78 Å². The SMILES string of the molecule is Fc1ccc(C#Cc2cccc(OCCBr)c2C#Cc2ccc(F)cc2)cc1. The Balaban J connectivity index is 2.00. The molecule has 0 amide bonds. The van der Waals surface area contributed by atoms with E-state index in [0.29, 0.717) is 39.9 Å². The molecular weight excluding hydrogens is 422 g/mol. The third-order valence-corrected chi connectivity index (χ3v) is 4.05. The molecule has 0 atom stereocenters. The average Bonchev–Trinajstić information content (AvgIpc) is 2.72. The van der Waals surface area contributed by atoms with E-state index in [1.165, 1.54) is 24.3 Å². The van der Waals surface area contributed by atoms with Crippen molar-refractivity contribution in [3.63, 3.8) is 0 Å². The summed E-state index contributed by atoms with van der Waals surface area (Å²) in [6.07, 6.45) is 0. The molecule has 0 fully saturated rings. The van der Waals surface area contributed by atoms with Crippen LogP contribution in [0, 0.1) is 35.3 Å². The van der Waals surface area contributed by atoms with Gasteiger partial charge in [0.25, 0.3) is 0 Å². The molecule has 3 aromatic carbocycles. The van der Waals surface area contributed by atoms with Crippen LogP contribution in [0.3, 0.4) is 0 Å². The highest BCUT2D eigenvalue weighted by atomic mass is 79.9. The third kappa shape index (κ3) is 5.46. The first kappa shape index (κ1) is 19.7. The molecule has 0 aromatic heterocycles. The molecule has 3 rings (SSSR count). The van der Waals surface area contributed by atoms with E-state index in [1.54, 1.807) is 24.3 Å². The van der Waals surface area contributed by atoms with Crippen molar-refractivity contribution in [2.24, 2.45) is 0 Å². The van der Waals surface area contributed by atoms with E-state index in [9.17, 15) is 8.78 Å². The monoisotopic (exact) mass is 436 g/mol. The van der Waals surface area contributed by atoms with Crippen molar-refractivity contribution in [3.05, 3.63) is 101 Å². The van der Waals surface area contributed by atoms with Gasteiger partial charge in [0, 0.05) is 22.0 Å². The minimum Gasteiger partial charge on any atom is -0.491 e. The minimum absolute atomic E-state index is 0.304. The Hall–Kier alpha value is -3.08. The zero-order chi connectivity index (χ0) is 19.8. The average molecular weight is 437 g/mol. The number of hydrogen-bond acceptors (Lipinski definition) is 1. The summed E-state index contributed by atoms with van der Waals surface area (Å²) in [4.78, 5) is 0. The lowest BCUT2D eigenvalue weighted by Gasteiger charge is -2.08. The van der Waals surface area contributed by atoms with Gasteiger partial charge in [0.2, 0.25) is 0 Å². The lowest BCUT2D eigenvalue weighted by molar-refractivity contribution is 0.344. The van der Waals surface area contributed by atoms with Gasteiger partial charge in [0.05, 0.1) is 12.2 Å². The van der Waals surface area contributed by atoms with Crippen LogP contribution in [-0.2, 0) is 0 Å². The lowest BCUT2D eigenvalue weighted by atomic mass is 10.1. The van der Waals surface area contributed by atoms with Gasteiger partial charge in [-0.1, -0.05) is 45.7 Å². The van der Waals surface area contributed by atoms with Crippen molar-refractivity contribution in [1.82, 2.24) is 0 Å². The Bertz CT molecular complexity index is 1070. The Morgan fingerprint density at radius 3 is 1.86 bits per heavy atom. The topological polar surface area (TPSA) is 9.23 Å². The molecule has 28 heavy (non-hydrogen) atoms. The summed E-state index contributed by atoms with van der Waals surface area (Å²) in [7, 11) is 0. The van der Waals surface area contributed by atoms with Gasteiger partial charge in [0.15, 0.2) is 0 Å². The summed E-state index contributed by atoms with van der Waals surface area (Å²) in [5, 5.41) is 0.684. The van der Waals surface area contributed by atoms with Crippen LogP contribution in [0.25, 0.3) is 0 Å². The highest BCUT2D eigenvalue weighted by Crippen LogP contribution is 2.22. The number of benzene rings is 3. The van der Waals surface area contributed by atoms with Crippen LogP contribution < -0.4 is 4.74 Å². The molecule has 0 bridgehead atoms. The minimum atomic E-state index is -0.308. The largest absolute Gasteiger partial charge is 0.491 e. The molecule has 0 aliphatic rings. The van der Waals surface area contributed by atoms with E-state index in [4.69, 9.17) is 4.74 Å². The first-order valence-corrected chi connectivity index (χ1v) is 9.65. The van der Waals surface area contributed by atoms with Crippen molar-refractivity contribution >= 4 is 15.9 Å². The Morgan fingerprint density at radius 2 is 1.29 bits per heavy atom. The Kier molecular flexibility index (Phi) is 6.84. The zero-order valence-electron chi connectivity index (χ0n) is 14.8. The van der Waals surface area contributed by atoms with Crippen molar-refractivity contribution < 1.29 is 13.5 Å². The molecule has 0 saturated carbocycles. The molecule has 3 aromatic rings. The van der Waals surface area contributed by atoms with E-state index in [-0.39, 0.29) is 11.6 Å². The fourth-order valence-electron chi connectivity index (χ4n) is 2.37. The number of alkyl halides is 1. The van der Waals surface area contributed by atoms with Gasteiger partial charge in [-0.2, -0.15) is 0 Å². The first-order valence-electron chi connectivity index (χ1n) is 8.52. The molecule has 0 N–H and O–H groups in total. The van der Waals surface area contributed by atoms with Crippen molar-refractivity contribution in [3.8, 4) is 29.4 Å². The molecule has 0 aliphatic heterocycles. The number of hydrogen-bond donors (Lipinski definition) is 0. The van der Waals surface area contributed by atoms with Crippen molar-refractivity contribution in [2.75, 3.05) is 11.9 Å². The van der Waals surface area contributed by atoms with Crippen LogP contribution in [0.1, 0.15) is 22.3 Å². The van der Waals surface area contributed by atoms with Gasteiger partial charge in [-0.15, -0.1) is 0 Å². The summed E-state index contributed by atoms with van der Waals surface area (Å²) in [6.45, 7) is 0.486. The van der Waals surface area contributed by atoms with Gasteiger partial charge in [-0.25, -0.2) is 8.78 Å². The quantitative estimate of drug-likeness (QED) is 0.386. The van der Waals surface area contributed by atoms with Crippen LogP contribution >= 0.6 is 15.9 Å². The van der Waals surface area contributed by atoms with E-state index in [0.717, 1.165) is 0 Å². The molecule has 0 radical (unpaired) electrons. The molecule has 0 saturated heterocycles. The maximum absolute atomic E-state index is 13.1. The zero-order valence-corrected chi connectivity index (χ0v) is 16.4. The summed E-state index contributed by atoms with van der Waals surface area (Å²) >= 11 is 3.34. The number of ether oxygens (including phenoxy) is 1. The number of rotatable bonds is 3. The summed E-state index contributed by atoms with van der Waals surface area (Å²) in [5.74, 6) is 12.2. The predicted molar refractivity (Wildman–Crippen MR) is 110 cm³/mol. The molecular formula is C24H15BrF2O. The fraction of sp³-hybridized carbons (Fsp3) is 0.0833. The van der Waals surface area contributed by atoms with Gasteiger partial charge < -0.3 is 4.74 Å². The van der Waals surface area contributed by atoms with E-state index in [2.05, 4.69) is 39.6 Å². The molecule has 0 spiro atoms. The normalized spacial score (nSPS) is 9.68. The van der Waals surface area contributed by atoms with E-state index >= 15 is 0 Å². The predicted octanol–water partition coefficient (Wildman–Crippen LogP) is 5.54. The van der Waals surface area contributed by atoms with Crippen LogP contribution in [0.5, 0.6) is 5.75 Å². The second-order valence-electron chi connectivity index (χ2n) is 5.73. The third-order valence-electron chi connectivity index (χ3n) is 3.72. The molecule has 0 heterocycles. The smallest absolute Gasteiger partial charge is 0.136 e. The first-order chi connectivity index (χ1) is 13.7. The van der Waals surface area contributed by atoms with Gasteiger partial charge in [-0.05, 0) is 60.7 Å². The summed E-state index contributed by atoms with van der Waals surface area (Å²) in [6, 6.07) is 17.5. The fourth-order valence-corrected chi connectivity index (χ4v) is 2.54. The summed E-state index contributed by atoms with van der Waals surface area (Å²) in [5.41, 5.74) is 2.74. The molecule has 0 unspecified atom stereocenters. The van der Waals surface area contributed by atoms with Crippen LogP contribution in [0.15, 0.2) is 66.7 Å². The van der Waals surface area contributed by atoms with Crippen molar-refractivity contribution in [2.45, 2.75) is 0 Å². The van der Waals surface area contributed by atoms with Gasteiger partial charge in [0.1, 0.15) is 17.4 Å². The Labute approximate surface area is 171 Å². The van der Waals surface area contributed by atoms with E-state index < -0.39 is 0 Å². The van der Waals surface area contributed by atoms with Crippen molar-refractivity contribution in [1.29, 1.82) is 0 Å². The Morgan fingerprint density at radius 1 is 0.714 bits per heavy atom. The second kappa shape index (κ2) is 9.74. The molecule has 4 heteroatoms. The molecule has 1 nitrogen and oxygen atoms in total. The van der Waals surface area contributed by atoms with Gasteiger partial charge >= 0.3 is 0 Å². The second-order valence-corrected chi connectivity index (χ2v) is 6.52. The summed E-state index contributed by atoms with van der Waals surface area (Å²) < 4.78 is 31.9. The lowest BCUT2D eigenvalue weighted by Crippen LogP contribution is -2.01. The van der Waals surface area contributed by atoms with Gasteiger partial charge in [-0.3, -0.25) is 0 Å². The van der Waals surface area contributed by atoms with Crippen LogP contribution in [-0.4, -0.2) is 11.9 Å². The molecule has 0 aliphatic carbocycles. The molecule has 138 valence electrons. The highest BCUT2D eigenvalue weighted by Gasteiger charge is 2.06. The van der Waals surface area contributed by atoms with E-state index in [1.807, 2.05) is 18.2 Å². The van der Waals surface area contributed by atoms with Crippen LogP contribution in [0.2, 0.25) is 0 Å².